The van der Waals surface area contributed by atoms with E-state index in [4.69, 9.17) is 16.5 Å². The molecule has 0 radical (unpaired) electrons. The van der Waals surface area contributed by atoms with Crippen molar-refractivity contribution >= 4 is 17.7 Å². The summed E-state index contributed by atoms with van der Waals surface area (Å²) in [6.07, 6.45) is 4.70. The van der Waals surface area contributed by atoms with Crippen LogP contribution in [0.1, 0.15) is 37.7 Å². The second kappa shape index (κ2) is 6.21. The van der Waals surface area contributed by atoms with Crippen LogP contribution in [0.15, 0.2) is 30.3 Å². The van der Waals surface area contributed by atoms with Crippen molar-refractivity contribution < 1.29 is 9.53 Å². The lowest BCUT2D eigenvalue weighted by atomic mass is 9.82. The van der Waals surface area contributed by atoms with Gasteiger partial charge in [0.2, 0.25) is 0 Å². The van der Waals surface area contributed by atoms with Gasteiger partial charge in [0.25, 0.3) is 0 Å². The summed E-state index contributed by atoms with van der Waals surface area (Å²) < 4.78 is 5.38. The molecule has 0 spiro atoms. The van der Waals surface area contributed by atoms with Gasteiger partial charge in [0.15, 0.2) is 0 Å². The highest BCUT2D eigenvalue weighted by atomic mass is 35.5. The summed E-state index contributed by atoms with van der Waals surface area (Å²) in [6, 6.07) is 9.68. The van der Waals surface area contributed by atoms with E-state index in [9.17, 15) is 4.79 Å². The van der Waals surface area contributed by atoms with E-state index in [0.29, 0.717) is 6.61 Å². The Morgan fingerprint density at radius 1 is 1.22 bits per heavy atom. The van der Waals surface area contributed by atoms with Gasteiger partial charge in [-0.2, -0.15) is 0 Å². The molecule has 2 rings (SSSR count). The number of rotatable bonds is 4. The van der Waals surface area contributed by atoms with E-state index in [1.54, 1.807) is 0 Å². The topological polar surface area (TPSA) is 38.3 Å². The van der Waals surface area contributed by atoms with Crippen LogP contribution >= 0.6 is 11.8 Å². The van der Waals surface area contributed by atoms with Crippen LogP contribution in [0.2, 0.25) is 0 Å². The summed E-state index contributed by atoms with van der Waals surface area (Å²) in [5.74, 6) is -0.235. The molecule has 0 aromatic heterocycles. The first kappa shape index (κ1) is 13.4. The molecule has 0 atom stereocenters. The highest BCUT2D eigenvalue weighted by Crippen LogP contribution is 2.30. The molecule has 0 bridgehead atoms. The predicted octanol–water partition coefficient (Wildman–Crippen LogP) is 3.18. The SMILES string of the molecule is O=C(OCc1ccccc1)C1(NCl)CCCCC1. The van der Waals surface area contributed by atoms with E-state index in [0.717, 1.165) is 37.7 Å². The Bertz CT molecular complexity index is 388. The van der Waals surface area contributed by atoms with Gasteiger partial charge in [-0.1, -0.05) is 49.6 Å². The van der Waals surface area contributed by atoms with E-state index >= 15 is 0 Å². The molecule has 0 heterocycles. The zero-order chi connectivity index (χ0) is 12.8. The van der Waals surface area contributed by atoms with Crippen LogP contribution in [0.3, 0.4) is 0 Å². The Balaban J connectivity index is 1.94. The van der Waals surface area contributed by atoms with Crippen LogP contribution in [0.4, 0.5) is 0 Å². The summed E-state index contributed by atoms with van der Waals surface area (Å²) in [4.78, 5) is 14.8. The Kier molecular flexibility index (Phi) is 4.61. The highest BCUT2D eigenvalue weighted by molar-refractivity contribution is 6.15. The van der Waals surface area contributed by atoms with Crippen molar-refractivity contribution in [2.75, 3.05) is 0 Å². The number of halogens is 1. The minimum absolute atomic E-state index is 0.235. The third kappa shape index (κ3) is 3.03. The van der Waals surface area contributed by atoms with Gasteiger partial charge in [-0.25, -0.2) is 9.63 Å². The Hall–Kier alpha value is -1.06. The van der Waals surface area contributed by atoms with Gasteiger partial charge in [-0.3, -0.25) is 0 Å². The van der Waals surface area contributed by atoms with Crippen molar-refractivity contribution in [3.63, 3.8) is 0 Å². The maximum absolute atomic E-state index is 12.2. The predicted molar refractivity (Wildman–Crippen MR) is 71.0 cm³/mol. The minimum Gasteiger partial charge on any atom is -0.459 e. The van der Waals surface area contributed by atoms with Gasteiger partial charge in [-0.15, -0.1) is 0 Å². The zero-order valence-corrected chi connectivity index (χ0v) is 11.1. The Morgan fingerprint density at radius 3 is 2.50 bits per heavy atom. The van der Waals surface area contributed by atoms with E-state index in [2.05, 4.69) is 4.84 Å². The first-order chi connectivity index (χ1) is 8.77. The van der Waals surface area contributed by atoms with Crippen molar-refractivity contribution in [1.29, 1.82) is 0 Å². The van der Waals surface area contributed by atoms with E-state index in [1.807, 2.05) is 30.3 Å². The normalized spacial score (nSPS) is 18.3. The fourth-order valence-corrected chi connectivity index (χ4v) is 2.62. The van der Waals surface area contributed by atoms with Gasteiger partial charge >= 0.3 is 5.97 Å². The molecule has 18 heavy (non-hydrogen) atoms. The van der Waals surface area contributed by atoms with Crippen LogP contribution in [-0.2, 0) is 16.1 Å². The lowest BCUT2D eigenvalue weighted by Crippen LogP contribution is -2.50. The molecule has 1 aliphatic carbocycles. The van der Waals surface area contributed by atoms with Crippen molar-refractivity contribution in [3.05, 3.63) is 35.9 Å². The van der Waals surface area contributed by atoms with E-state index in [-0.39, 0.29) is 5.97 Å². The first-order valence-corrected chi connectivity index (χ1v) is 6.74. The van der Waals surface area contributed by atoms with Crippen LogP contribution in [0.5, 0.6) is 0 Å². The third-order valence-corrected chi connectivity index (χ3v) is 3.85. The molecule has 0 aliphatic heterocycles. The molecule has 0 unspecified atom stereocenters. The summed E-state index contributed by atoms with van der Waals surface area (Å²) in [7, 11) is 0. The number of nitrogens with one attached hydrogen (secondary N) is 1. The number of carbonyl (C=O) groups is 1. The molecule has 0 saturated heterocycles. The Labute approximate surface area is 113 Å². The summed E-state index contributed by atoms with van der Waals surface area (Å²) in [5, 5.41) is 0. The highest BCUT2D eigenvalue weighted by Gasteiger charge is 2.40. The fraction of sp³-hybridized carbons (Fsp3) is 0.500. The number of carbonyl (C=O) groups excluding carboxylic acids is 1. The third-order valence-electron chi connectivity index (χ3n) is 3.49. The van der Waals surface area contributed by atoms with Crippen molar-refractivity contribution in [3.8, 4) is 0 Å². The number of hydrogen-bond acceptors (Lipinski definition) is 3. The monoisotopic (exact) mass is 267 g/mol. The van der Waals surface area contributed by atoms with E-state index in [1.165, 1.54) is 0 Å². The molecule has 1 N–H and O–H groups in total. The molecule has 1 fully saturated rings. The molecule has 3 nitrogen and oxygen atoms in total. The van der Waals surface area contributed by atoms with E-state index < -0.39 is 5.54 Å². The lowest BCUT2D eigenvalue weighted by molar-refractivity contribution is -0.153. The number of hydrogen-bond donors (Lipinski definition) is 1. The largest absolute Gasteiger partial charge is 0.459 e. The maximum Gasteiger partial charge on any atom is 0.327 e. The molecule has 98 valence electrons. The quantitative estimate of drug-likeness (QED) is 0.673. The fourth-order valence-electron chi connectivity index (χ4n) is 2.35. The number of ether oxygens (including phenoxy) is 1. The minimum atomic E-state index is -0.686. The van der Waals surface area contributed by atoms with Crippen molar-refractivity contribution in [1.82, 2.24) is 4.84 Å². The van der Waals surface area contributed by atoms with Crippen LogP contribution in [0.25, 0.3) is 0 Å². The molecule has 1 aromatic rings. The van der Waals surface area contributed by atoms with Crippen LogP contribution in [0, 0.1) is 0 Å². The molecule has 4 heteroatoms. The molecule has 1 aliphatic rings. The second-order valence-electron chi connectivity index (χ2n) is 4.80. The summed E-state index contributed by atoms with van der Waals surface area (Å²) >= 11 is 5.76. The maximum atomic E-state index is 12.2. The molecule has 1 aromatic carbocycles. The van der Waals surface area contributed by atoms with Crippen LogP contribution < -0.4 is 4.84 Å². The number of esters is 1. The van der Waals surface area contributed by atoms with Gasteiger partial charge in [0, 0.05) is 0 Å². The Morgan fingerprint density at radius 2 is 1.89 bits per heavy atom. The average molecular weight is 268 g/mol. The molecular formula is C14H18ClNO2. The molecule has 0 amide bonds. The van der Waals surface area contributed by atoms with Crippen molar-refractivity contribution in [2.45, 2.75) is 44.2 Å². The lowest BCUT2D eigenvalue weighted by Gasteiger charge is -2.33. The molecule has 1 saturated carbocycles. The van der Waals surface area contributed by atoms with Gasteiger partial charge in [0.05, 0.1) is 0 Å². The van der Waals surface area contributed by atoms with Crippen molar-refractivity contribution in [2.24, 2.45) is 0 Å². The van der Waals surface area contributed by atoms with Gasteiger partial charge < -0.3 is 4.74 Å². The first-order valence-electron chi connectivity index (χ1n) is 6.36. The van der Waals surface area contributed by atoms with Crippen LogP contribution in [-0.4, -0.2) is 11.5 Å². The average Bonchev–Trinajstić information content (AvgIpc) is 2.46. The standard InChI is InChI=1S/C14H18ClNO2/c15-16-14(9-5-2-6-10-14)13(17)18-11-12-7-3-1-4-8-12/h1,3-4,7-8,16H,2,5-6,9-11H2. The van der Waals surface area contributed by atoms with Gasteiger partial charge in [-0.05, 0) is 30.2 Å². The smallest absolute Gasteiger partial charge is 0.327 e. The number of benzene rings is 1. The molecular weight excluding hydrogens is 250 g/mol. The van der Waals surface area contributed by atoms with Gasteiger partial charge in [0.1, 0.15) is 12.1 Å². The second-order valence-corrected chi connectivity index (χ2v) is 4.99. The summed E-state index contributed by atoms with van der Waals surface area (Å²) in [5.41, 5.74) is 0.306. The zero-order valence-electron chi connectivity index (χ0n) is 10.3. The summed E-state index contributed by atoms with van der Waals surface area (Å²) in [6.45, 7) is 0.306.